The highest BCUT2D eigenvalue weighted by atomic mass is 32.2. The van der Waals surface area contributed by atoms with E-state index in [4.69, 9.17) is 4.74 Å². The van der Waals surface area contributed by atoms with Crippen molar-refractivity contribution in [3.63, 3.8) is 0 Å². The number of hydrogen-bond donors (Lipinski definition) is 1. The standard InChI is InChI=1S/C20H28N2O5S/c1-14(2)15-3-7-18(8-4-15)28(25,26)22-11-9-16(10-12-22)20(24)27-13-19(23)21-17-5-6-17/h3-4,7-8,14,16-17H,5-6,9-13H2,1-2H3,(H,21,23). The topological polar surface area (TPSA) is 92.8 Å². The van der Waals surface area contributed by atoms with Gasteiger partial charge in [0.05, 0.1) is 10.8 Å². The predicted molar refractivity (Wildman–Crippen MR) is 104 cm³/mol. The summed E-state index contributed by atoms with van der Waals surface area (Å²) in [6, 6.07) is 7.20. The number of sulfonamides is 1. The number of benzene rings is 1. The fraction of sp³-hybridized carbons (Fsp3) is 0.600. The molecular formula is C20H28N2O5S. The zero-order valence-corrected chi connectivity index (χ0v) is 17.2. The Bertz CT molecular complexity index is 808. The minimum absolute atomic E-state index is 0.231. The first-order valence-corrected chi connectivity index (χ1v) is 11.3. The van der Waals surface area contributed by atoms with Crippen LogP contribution in [0, 0.1) is 5.92 Å². The summed E-state index contributed by atoms with van der Waals surface area (Å²) in [6.45, 7) is 4.38. The molecule has 0 atom stereocenters. The maximum absolute atomic E-state index is 12.8. The van der Waals surface area contributed by atoms with Gasteiger partial charge in [-0.05, 0) is 49.3 Å². The van der Waals surface area contributed by atoms with Crippen LogP contribution in [0.2, 0.25) is 0 Å². The number of carbonyl (C=O) groups is 2. The van der Waals surface area contributed by atoms with Crippen molar-refractivity contribution in [2.75, 3.05) is 19.7 Å². The quantitative estimate of drug-likeness (QED) is 0.697. The van der Waals surface area contributed by atoms with Gasteiger partial charge in [0, 0.05) is 19.1 Å². The maximum atomic E-state index is 12.8. The molecule has 154 valence electrons. The van der Waals surface area contributed by atoms with E-state index in [1.807, 2.05) is 12.1 Å². The van der Waals surface area contributed by atoms with Crippen LogP contribution in [0.25, 0.3) is 0 Å². The molecule has 1 aromatic rings. The number of hydrogen-bond acceptors (Lipinski definition) is 5. The van der Waals surface area contributed by atoms with Crippen LogP contribution in [0.1, 0.15) is 51.0 Å². The highest BCUT2D eigenvalue weighted by molar-refractivity contribution is 7.89. The van der Waals surface area contributed by atoms with Gasteiger partial charge >= 0.3 is 5.97 Å². The molecule has 0 bridgehead atoms. The molecule has 1 aliphatic carbocycles. The molecule has 8 heteroatoms. The fourth-order valence-electron chi connectivity index (χ4n) is 3.26. The Morgan fingerprint density at radius 1 is 1.11 bits per heavy atom. The summed E-state index contributed by atoms with van der Waals surface area (Å²) in [5, 5.41) is 2.76. The van der Waals surface area contributed by atoms with Gasteiger partial charge in [0.1, 0.15) is 0 Å². The fourth-order valence-corrected chi connectivity index (χ4v) is 4.73. The summed E-state index contributed by atoms with van der Waals surface area (Å²) in [6.07, 6.45) is 2.75. The molecule has 0 aromatic heterocycles. The van der Waals surface area contributed by atoms with Crippen LogP contribution in [-0.4, -0.2) is 50.3 Å². The number of carbonyl (C=O) groups excluding carboxylic acids is 2. The zero-order chi connectivity index (χ0) is 20.3. The Balaban J connectivity index is 1.50. The predicted octanol–water partition coefficient (Wildman–Crippen LogP) is 2.03. The molecule has 1 saturated carbocycles. The lowest BCUT2D eigenvalue weighted by molar-refractivity contribution is -0.153. The molecule has 0 unspecified atom stereocenters. The number of esters is 1. The number of nitrogens with zero attached hydrogens (tertiary/aromatic N) is 1. The van der Waals surface area contributed by atoms with Crippen LogP contribution >= 0.6 is 0 Å². The normalized spacial score (nSPS) is 18.8. The third-order valence-corrected chi connectivity index (χ3v) is 7.17. The zero-order valence-electron chi connectivity index (χ0n) is 16.4. The van der Waals surface area contributed by atoms with Crippen molar-refractivity contribution >= 4 is 21.9 Å². The Hall–Kier alpha value is -1.93. The summed E-state index contributed by atoms with van der Waals surface area (Å²) in [5.74, 6) is -0.738. The maximum Gasteiger partial charge on any atom is 0.309 e. The van der Waals surface area contributed by atoms with Crippen molar-refractivity contribution in [2.45, 2.75) is 56.4 Å². The minimum Gasteiger partial charge on any atom is -0.455 e. The van der Waals surface area contributed by atoms with Crippen molar-refractivity contribution < 1.29 is 22.7 Å². The Kier molecular flexibility index (Phi) is 6.40. The van der Waals surface area contributed by atoms with Gasteiger partial charge < -0.3 is 10.1 Å². The van der Waals surface area contributed by atoms with E-state index < -0.39 is 16.0 Å². The van der Waals surface area contributed by atoms with E-state index in [-0.39, 0.29) is 42.5 Å². The van der Waals surface area contributed by atoms with Gasteiger partial charge in [0.2, 0.25) is 10.0 Å². The van der Waals surface area contributed by atoms with E-state index in [0.29, 0.717) is 18.8 Å². The van der Waals surface area contributed by atoms with Crippen molar-refractivity contribution in [2.24, 2.45) is 5.92 Å². The van der Waals surface area contributed by atoms with E-state index in [1.54, 1.807) is 12.1 Å². The first-order valence-electron chi connectivity index (χ1n) is 9.83. The average Bonchev–Trinajstić information content (AvgIpc) is 3.50. The molecular weight excluding hydrogens is 380 g/mol. The van der Waals surface area contributed by atoms with Gasteiger partial charge in [-0.1, -0.05) is 26.0 Å². The third kappa shape index (κ3) is 5.11. The summed E-state index contributed by atoms with van der Waals surface area (Å²) >= 11 is 0. The second-order valence-corrected chi connectivity index (χ2v) is 9.79. The van der Waals surface area contributed by atoms with E-state index in [9.17, 15) is 18.0 Å². The van der Waals surface area contributed by atoms with Crippen LogP contribution < -0.4 is 5.32 Å². The average molecular weight is 409 g/mol. The molecule has 7 nitrogen and oxygen atoms in total. The SMILES string of the molecule is CC(C)c1ccc(S(=O)(=O)N2CCC(C(=O)OCC(=O)NC3CC3)CC2)cc1. The Morgan fingerprint density at radius 2 is 1.71 bits per heavy atom. The van der Waals surface area contributed by atoms with Gasteiger partial charge in [-0.2, -0.15) is 4.31 Å². The monoisotopic (exact) mass is 408 g/mol. The summed E-state index contributed by atoms with van der Waals surface area (Å²) in [4.78, 5) is 24.0. The first-order chi connectivity index (χ1) is 13.3. The van der Waals surface area contributed by atoms with Crippen LogP contribution in [0.3, 0.4) is 0 Å². The molecule has 28 heavy (non-hydrogen) atoms. The molecule has 0 radical (unpaired) electrons. The molecule has 1 N–H and O–H groups in total. The summed E-state index contributed by atoms with van der Waals surface area (Å²) < 4.78 is 32.2. The van der Waals surface area contributed by atoms with Crippen molar-refractivity contribution in [1.29, 1.82) is 0 Å². The lowest BCUT2D eigenvalue weighted by atomic mass is 9.98. The Labute approximate surface area is 166 Å². The molecule has 0 spiro atoms. The molecule has 3 rings (SSSR count). The minimum atomic E-state index is -3.57. The van der Waals surface area contributed by atoms with Crippen molar-refractivity contribution in [3.8, 4) is 0 Å². The lowest BCUT2D eigenvalue weighted by Crippen LogP contribution is -2.41. The highest BCUT2D eigenvalue weighted by Gasteiger charge is 2.33. The molecule has 1 saturated heterocycles. The smallest absolute Gasteiger partial charge is 0.309 e. The van der Waals surface area contributed by atoms with Crippen molar-refractivity contribution in [1.82, 2.24) is 9.62 Å². The second-order valence-electron chi connectivity index (χ2n) is 7.85. The summed E-state index contributed by atoms with van der Waals surface area (Å²) in [5.41, 5.74) is 1.09. The molecule has 1 aromatic carbocycles. The summed E-state index contributed by atoms with van der Waals surface area (Å²) in [7, 11) is -3.57. The van der Waals surface area contributed by atoms with E-state index in [1.165, 1.54) is 4.31 Å². The van der Waals surface area contributed by atoms with Gasteiger partial charge in [0.25, 0.3) is 5.91 Å². The van der Waals surface area contributed by atoms with Gasteiger partial charge in [0.15, 0.2) is 6.61 Å². The number of ether oxygens (including phenoxy) is 1. The van der Waals surface area contributed by atoms with Gasteiger partial charge in [-0.15, -0.1) is 0 Å². The van der Waals surface area contributed by atoms with E-state index in [0.717, 1.165) is 18.4 Å². The van der Waals surface area contributed by atoms with Crippen LogP contribution in [0.5, 0.6) is 0 Å². The van der Waals surface area contributed by atoms with Crippen LogP contribution in [0.4, 0.5) is 0 Å². The van der Waals surface area contributed by atoms with Crippen LogP contribution in [0.15, 0.2) is 29.2 Å². The molecule has 2 fully saturated rings. The molecule has 1 amide bonds. The number of nitrogens with one attached hydrogen (secondary N) is 1. The Morgan fingerprint density at radius 3 is 2.25 bits per heavy atom. The largest absolute Gasteiger partial charge is 0.455 e. The van der Waals surface area contributed by atoms with E-state index in [2.05, 4.69) is 19.2 Å². The number of amides is 1. The number of piperidine rings is 1. The highest BCUT2D eigenvalue weighted by Crippen LogP contribution is 2.26. The second kappa shape index (κ2) is 8.61. The molecule has 1 aliphatic heterocycles. The van der Waals surface area contributed by atoms with Crippen molar-refractivity contribution in [3.05, 3.63) is 29.8 Å². The van der Waals surface area contributed by atoms with E-state index >= 15 is 0 Å². The third-order valence-electron chi connectivity index (χ3n) is 5.26. The molecule has 2 aliphatic rings. The lowest BCUT2D eigenvalue weighted by Gasteiger charge is -2.30. The van der Waals surface area contributed by atoms with Gasteiger partial charge in [-0.25, -0.2) is 8.42 Å². The number of rotatable bonds is 7. The van der Waals surface area contributed by atoms with Crippen LogP contribution in [-0.2, 0) is 24.3 Å². The molecule has 1 heterocycles. The first kappa shape index (κ1) is 20.8. The van der Waals surface area contributed by atoms with Gasteiger partial charge in [-0.3, -0.25) is 9.59 Å².